The minimum Gasteiger partial charge on any atom is -0.496 e. The van der Waals surface area contributed by atoms with Gasteiger partial charge in [-0.05, 0) is 30.5 Å². The summed E-state index contributed by atoms with van der Waals surface area (Å²) in [7, 11) is 1.68. The van der Waals surface area contributed by atoms with E-state index < -0.39 is 0 Å². The topological polar surface area (TPSA) is 35.2 Å². The van der Waals surface area contributed by atoms with Crippen LogP contribution in [0.15, 0.2) is 24.8 Å². The molecular formula is C12H18ClNO. The van der Waals surface area contributed by atoms with Crippen LogP contribution in [-0.4, -0.2) is 7.11 Å². The van der Waals surface area contributed by atoms with Crippen LogP contribution in [-0.2, 0) is 0 Å². The zero-order chi connectivity index (χ0) is 10.7. The number of nitrogens with two attached hydrogens (primary N) is 1. The molecule has 0 aliphatic carbocycles. The second kappa shape index (κ2) is 5.79. The van der Waals surface area contributed by atoms with E-state index in [1.807, 2.05) is 26.0 Å². The van der Waals surface area contributed by atoms with Gasteiger partial charge in [0.2, 0.25) is 0 Å². The lowest BCUT2D eigenvalue weighted by molar-refractivity contribution is 0.408. The van der Waals surface area contributed by atoms with Gasteiger partial charge in [-0.1, -0.05) is 18.2 Å². The van der Waals surface area contributed by atoms with Crippen LogP contribution in [0.4, 0.5) is 0 Å². The van der Waals surface area contributed by atoms with Crippen molar-refractivity contribution in [3.63, 3.8) is 0 Å². The predicted octanol–water partition coefficient (Wildman–Crippen LogP) is 2.92. The van der Waals surface area contributed by atoms with E-state index in [1.54, 1.807) is 13.2 Å². The molecule has 0 saturated heterocycles. The summed E-state index contributed by atoms with van der Waals surface area (Å²) in [6, 6.07) is 3.98. The van der Waals surface area contributed by atoms with E-state index in [2.05, 4.69) is 6.58 Å². The average molecular weight is 228 g/mol. The molecule has 1 rings (SSSR count). The van der Waals surface area contributed by atoms with Crippen LogP contribution >= 0.6 is 12.4 Å². The number of methoxy groups -OCH3 is 1. The molecule has 1 aromatic carbocycles. The van der Waals surface area contributed by atoms with Crippen LogP contribution in [0.3, 0.4) is 0 Å². The summed E-state index contributed by atoms with van der Waals surface area (Å²) in [5.74, 6) is 0.935. The molecule has 2 N–H and O–H groups in total. The van der Waals surface area contributed by atoms with Gasteiger partial charge in [-0.25, -0.2) is 0 Å². The molecule has 0 aliphatic rings. The number of hydrogen-bond acceptors (Lipinski definition) is 2. The monoisotopic (exact) mass is 227 g/mol. The lowest BCUT2D eigenvalue weighted by Crippen LogP contribution is -2.07. The molecule has 3 heteroatoms. The second-order valence-electron chi connectivity index (χ2n) is 3.45. The Kier molecular flexibility index (Phi) is 5.40. The van der Waals surface area contributed by atoms with E-state index in [0.29, 0.717) is 0 Å². The number of aryl methyl sites for hydroxylation is 2. The number of benzene rings is 1. The van der Waals surface area contributed by atoms with E-state index in [1.165, 1.54) is 0 Å². The van der Waals surface area contributed by atoms with Gasteiger partial charge in [-0.15, -0.1) is 19.0 Å². The molecule has 0 bridgehead atoms. The second-order valence-corrected chi connectivity index (χ2v) is 3.45. The lowest BCUT2D eigenvalue weighted by Gasteiger charge is -2.13. The molecule has 0 unspecified atom stereocenters. The summed E-state index contributed by atoms with van der Waals surface area (Å²) in [5, 5.41) is 0. The fourth-order valence-corrected chi connectivity index (χ4v) is 1.63. The lowest BCUT2D eigenvalue weighted by atomic mass is 10.0. The minimum atomic E-state index is -0.0988. The highest BCUT2D eigenvalue weighted by molar-refractivity contribution is 5.85. The Hall–Kier alpha value is -0.990. The van der Waals surface area contributed by atoms with Gasteiger partial charge in [0.05, 0.1) is 7.11 Å². The molecule has 0 saturated carbocycles. The van der Waals surface area contributed by atoms with Crippen LogP contribution in [0.25, 0.3) is 0 Å². The van der Waals surface area contributed by atoms with Crippen LogP contribution in [0.1, 0.15) is 22.7 Å². The van der Waals surface area contributed by atoms with Crippen LogP contribution in [0.5, 0.6) is 5.75 Å². The Bertz CT molecular complexity index is 326. The number of ether oxygens (including phenoxy) is 1. The zero-order valence-electron chi connectivity index (χ0n) is 9.41. The molecule has 0 fully saturated rings. The van der Waals surface area contributed by atoms with Gasteiger partial charge < -0.3 is 10.5 Å². The zero-order valence-corrected chi connectivity index (χ0v) is 10.2. The number of rotatable bonds is 3. The summed E-state index contributed by atoms with van der Waals surface area (Å²) in [5.41, 5.74) is 9.17. The van der Waals surface area contributed by atoms with Crippen molar-refractivity contribution in [1.29, 1.82) is 0 Å². The molecule has 1 atom stereocenters. The quantitative estimate of drug-likeness (QED) is 0.806. The Labute approximate surface area is 97.5 Å². The standard InChI is InChI=1S/C12H17NO.ClH/c1-5-11(13)10-6-8(2)12(14-4)9(3)7-10;/h5-7,11H,1,13H2,2-4H3;1H/t11-;/m0./s1. The van der Waals surface area contributed by atoms with E-state index in [9.17, 15) is 0 Å². The maximum absolute atomic E-state index is 5.86. The van der Waals surface area contributed by atoms with Crippen molar-refractivity contribution < 1.29 is 4.74 Å². The maximum atomic E-state index is 5.86. The fourth-order valence-electron chi connectivity index (χ4n) is 1.63. The summed E-state index contributed by atoms with van der Waals surface area (Å²) in [4.78, 5) is 0. The van der Waals surface area contributed by atoms with Crippen molar-refractivity contribution in [1.82, 2.24) is 0 Å². The first-order valence-corrected chi connectivity index (χ1v) is 4.63. The summed E-state index contributed by atoms with van der Waals surface area (Å²) in [6.07, 6.45) is 1.74. The van der Waals surface area contributed by atoms with E-state index >= 15 is 0 Å². The normalized spacial score (nSPS) is 11.5. The Morgan fingerprint density at radius 2 is 1.80 bits per heavy atom. The molecule has 0 radical (unpaired) electrons. The molecule has 84 valence electrons. The number of hydrogen-bond donors (Lipinski definition) is 1. The third-order valence-corrected chi connectivity index (χ3v) is 2.33. The average Bonchev–Trinajstić information content (AvgIpc) is 2.16. The van der Waals surface area contributed by atoms with Crippen molar-refractivity contribution in [3.8, 4) is 5.75 Å². The van der Waals surface area contributed by atoms with Gasteiger partial charge in [0, 0.05) is 6.04 Å². The van der Waals surface area contributed by atoms with E-state index in [-0.39, 0.29) is 18.4 Å². The van der Waals surface area contributed by atoms with Crippen molar-refractivity contribution in [2.24, 2.45) is 5.73 Å². The van der Waals surface area contributed by atoms with Crippen molar-refractivity contribution in [2.45, 2.75) is 19.9 Å². The molecule has 15 heavy (non-hydrogen) atoms. The summed E-state index contributed by atoms with van der Waals surface area (Å²) < 4.78 is 5.28. The van der Waals surface area contributed by atoms with Gasteiger partial charge >= 0.3 is 0 Å². The van der Waals surface area contributed by atoms with E-state index in [0.717, 1.165) is 22.4 Å². The molecule has 0 aliphatic heterocycles. The first-order chi connectivity index (χ1) is 6.60. The fraction of sp³-hybridized carbons (Fsp3) is 0.333. The van der Waals surface area contributed by atoms with Gasteiger partial charge in [0.15, 0.2) is 0 Å². The van der Waals surface area contributed by atoms with E-state index in [4.69, 9.17) is 10.5 Å². The maximum Gasteiger partial charge on any atom is 0.124 e. The van der Waals surface area contributed by atoms with Gasteiger partial charge in [-0.2, -0.15) is 0 Å². The largest absolute Gasteiger partial charge is 0.496 e. The van der Waals surface area contributed by atoms with Crippen molar-refractivity contribution >= 4 is 12.4 Å². The first kappa shape index (κ1) is 14.0. The molecular weight excluding hydrogens is 210 g/mol. The van der Waals surface area contributed by atoms with Crippen LogP contribution in [0.2, 0.25) is 0 Å². The molecule has 0 amide bonds. The van der Waals surface area contributed by atoms with Gasteiger partial charge in [0.25, 0.3) is 0 Å². The van der Waals surface area contributed by atoms with Gasteiger partial charge in [-0.3, -0.25) is 0 Å². The number of halogens is 1. The summed E-state index contributed by atoms with van der Waals surface area (Å²) in [6.45, 7) is 7.72. The van der Waals surface area contributed by atoms with Crippen molar-refractivity contribution in [3.05, 3.63) is 41.5 Å². The van der Waals surface area contributed by atoms with Crippen molar-refractivity contribution in [2.75, 3.05) is 7.11 Å². The first-order valence-electron chi connectivity index (χ1n) is 4.63. The highest BCUT2D eigenvalue weighted by atomic mass is 35.5. The smallest absolute Gasteiger partial charge is 0.124 e. The SMILES string of the molecule is C=C[C@H](N)c1cc(C)c(OC)c(C)c1.Cl. The van der Waals surface area contributed by atoms with Gasteiger partial charge in [0.1, 0.15) is 5.75 Å². The van der Waals surface area contributed by atoms with Crippen LogP contribution < -0.4 is 10.5 Å². The molecule has 1 aromatic rings. The highest BCUT2D eigenvalue weighted by Gasteiger charge is 2.08. The Morgan fingerprint density at radius 3 is 2.13 bits per heavy atom. The Balaban J connectivity index is 0.00000196. The molecule has 0 spiro atoms. The highest BCUT2D eigenvalue weighted by Crippen LogP contribution is 2.26. The summed E-state index contributed by atoms with van der Waals surface area (Å²) >= 11 is 0. The third-order valence-electron chi connectivity index (χ3n) is 2.33. The molecule has 0 aromatic heterocycles. The Morgan fingerprint density at radius 1 is 1.33 bits per heavy atom. The third kappa shape index (κ3) is 2.98. The minimum absolute atomic E-state index is 0. The molecule has 0 heterocycles. The molecule has 2 nitrogen and oxygen atoms in total. The van der Waals surface area contributed by atoms with Crippen LogP contribution in [0, 0.1) is 13.8 Å². The predicted molar refractivity (Wildman–Crippen MR) is 66.8 cm³/mol.